The van der Waals surface area contributed by atoms with E-state index in [4.69, 9.17) is 0 Å². The first-order valence-corrected chi connectivity index (χ1v) is 9.78. The second-order valence-corrected chi connectivity index (χ2v) is 8.10. The molecule has 0 atom stereocenters. The van der Waals surface area contributed by atoms with Crippen LogP contribution < -0.4 is 5.32 Å². The number of piperidine rings is 1. The summed E-state index contributed by atoms with van der Waals surface area (Å²) in [4.78, 5) is 14.6. The van der Waals surface area contributed by atoms with E-state index in [1.54, 1.807) is 11.8 Å². The molecule has 1 saturated heterocycles. The predicted octanol–water partition coefficient (Wildman–Crippen LogP) is 3.61. The van der Waals surface area contributed by atoms with Gasteiger partial charge in [-0.05, 0) is 52.3 Å². The van der Waals surface area contributed by atoms with Gasteiger partial charge in [0.15, 0.2) is 0 Å². The molecular formula is C19H30N2OS. The van der Waals surface area contributed by atoms with Crippen molar-refractivity contribution in [2.75, 3.05) is 25.4 Å². The van der Waals surface area contributed by atoms with Gasteiger partial charge in [0, 0.05) is 17.8 Å². The van der Waals surface area contributed by atoms with E-state index in [0.717, 1.165) is 25.4 Å². The molecule has 0 unspecified atom stereocenters. The van der Waals surface area contributed by atoms with Crippen molar-refractivity contribution in [2.24, 2.45) is 0 Å². The highest BCUT2D eigenvalue weighted by Crippen LogP contribution is 2.20. The van der Waals surface area contributed by atoms with Crippen molar-refractivity contribution < 1.29 is 4.79 Å². The van der Waals surface area contributed by atoms with Gasteiger partial charge < -0.3 is 5.32 Å². The summed E-state index contributed by atoms with van der Waals surface area (Å²) in [5.41, 5.74) is 2.62. The standard InChI is InChI=1S/C19H30N2OS/c1-16-8-7-9-17(12-16)13-23-14-18(22)20-15-19(2,3)21-10-5-4-6-11-21/h7-9,12H,4-6,10-11,13-15H2,1-3H3,(H,20,22). The van der Waals surface area contributed by atoms with Crippen LogP contribution in [0.1, 0.15) is 44.2 Å². The Morgan fingerprint density at radius 3 is 2.70 bits per heavy atom. The lowest BCUT2D eigenvalue weighted by Gasteiger charge is -2.41. The fraction of sp³-hybridized carbons (Fsp3) is 0.632. The molecule has 1 aliphatic rings. The molecule has 1 aromatic rings. The van der Waals surface area contributed by atoms with Crippen molar-refractivity contribution in [1.29, 1.82) is 0 Å². The molecule has 1 N–H and O–H groups in total. The maximum absolute atomic E-state index is 12.1. The fourth-order valence-corrected chi connectivity index (χ4v) is 3.85. The van der Waals surface area contributed by atoms with E-state index in [1.807, 2.05) is 0 Å². The number of aryl methyl sites for hydroxylation is 1. The average molecular weight is 335 g/mol. The normalized spacial score (nSPS) is 16.3. The highest BCUT2D eigenvalue weighted by atomic mass is 32.2. The second kappa shape index (κ2) is 8.74. The summed E-state index contributed by atoms with van der Waals surface area (Å²) in [7, 11) is 0. The number of likely N-dealkylation sites (tertiary alicyclic amines) is 1. The molecule has 0 aliphatic carbocycles. The second-order valence-electron chi connectivity index (χ2n) is 7.12. The predicted molar refractivity (Wildman–Crippen MR) is 99.9 cm³/mol. The number of carbonyl (C=O) groups is 1. The number of thioether (sulfide) groups is 1. The fourth-order valence-electron chi connectivity index (χ4n) is 3.04. The van der Waals surface area contributed by atoms with Gasteiger partial charge >= 0.3 is 0 Å². The van der Waals surface area contributed by atoms with Crippen molar-refractivity contribution in [3.05, 3.63) is 35.4 Å². The van der Waals surface area contributed by atoms with Crippen molar-refractivity contribution in [2.45, 2.75) is 51.3 Å². The molecular weight excluding hydrogens is 304 g/mol. The minimum Gasteiger partial charge on any atom is -0.354 e. The highest BCUT2D eigenvalue weighted by Gasteiger charge is 2.28. The average Bonchev–Trinajstić information content (AvgIpc) is 2.54. The van der Waals surface area contributed by atoms with Gasteiger partial charge in [0.2, 0.25) is 5.91 Å². The van der Waals surface area contributed by atoms with E-state index >= 15 is 0 Å². The Kier molecular flexibility index (Phi) is 6.97. The molecule has 0 bridgehead atoms. The number of hydrogen-bond donors (Lipinski definition) is 1. The summed E-state index contributed by atoms with van der Waals surface area (Å²) in [6, 6.07) is 8.48. The molecule has 0 aromatic heterocycles. The number of nitrogens with zero attached hydrogens (tertiary/aromatic N) is 1. The smallest absolute Gasteiger partial charge is 0.230 e. The summed E-state index contributed by atoms with van der Waals surface area (Å²) in [6.45, 7) is 9.62. The lowest BCUT2D eigenvalue weighted by Crippen LogP contribution is -2.53. The zero-order chi connectivity index (χ0) is 16.7. The molecule has 23 heavy (non-hydrogen) atoms. The van der Waals surface area contributed by atoms with Crippen LogP contribution in [0.2, 0.25) is 0 Å². The molecule has 1 heterocycles. The van der Waals surface area contributed by atoms with Crippen molar-refractivity contribution >= 4 is 17.7 Å². The van der Waals surface area contributed by atoms with Crippen molar-refractivity contribution in [3.8, 4) is 0 Å². The van der Waals surface area contributed by atoms with Gasteiger partial charge in [-0.3, -0.25) is 9.69 Å². The third-order valence-corrected chi connectivity index (χ3v) is 5.52. The Balaban J connectivity index is 1.68. The molecule has 1 aliphatic heterocycles. The number of hydrogen-bond acceptors (Lipinski definition) is 3. The number of rotatable bonds is 7. The number of benzene rings is 1. The summed E-state index contributed by atoms with van der Waals surface area (Å²) in [6.07, 6.45) is 3.90. The largest absolute Gasteiger partial charge is 0.354 e. The first-order chi connectivity index (χ1) is 11.0. The van der Waals surface area contributed by atoms with Gasteiger partial charge in [0.25, 0.3) is 0 Å². The molecule has 1 aromatic carbocycles. The van der Waals surface area contributed by atoms with E-state index in [0.29, 0.717) is 5.75 Å². The molecule has 0 saturated carbocycles. The Bertz CT molecular complexity index is 510. The van der Waals surface area contributed by atoms with Crippen LogP contribution in [-0.2, 0) is 10.5 Å². The van der Waals surface area contributed by atoms with Crippen LogP contribution in [-0.4, -0.2) is 41.7 Å². The molecule has 1 fully saturated rings. The van der Waals surface area contributed by atoms with E-state index < -0.39 is 0 Å². The minimum atomic E-state index is 0.0529. The first-order valence-electron chi connectivity index (χ1n) is 8.62. The number of amides is 1. The molecule has 3 nitrogen and oxygen atoms in total. The molecule has 0 spiro atoms. The van der Waals surface area contributed by atoms with Gasteiger partial charge in [0.1, 0.15) is 0 Å². The highest BCUT2D eigenvalue weighted by molar-refractivity contribution is 7.99. The lowest BCUT2D eigenvalue weighted by atomic mass is 9.98. The Labute approximate surface area is 145 Å². The van der Waals surface area contributed by atoms with E-state index in [2.05, 4.69) is 55.3 Å². The molecule has 128 valence electrons. The van der Waals surface area contributed by atoms with Gasteiger partial charge in [-0.2, -0.15) is 0 Å². The number of carbonyl (C=O) groups excluding carboxylic acids is 1. The number of nitrogens with one attached hydrogen (secondary N) is 1. The van der Waals surface area contributed by atoms with E-state index in [9.17, 15) is 4.79 Å². The van der Waals surface area contributed by atoms with Crippen LogP contribution in [0.4, 0.5) is 0 Å². The SMILES string of the molecule is Cc1cccc(CSCC(=O)NCC(C)(C)N2CCCCC2)c1. The zero-order valence-corrected chi connectivity index (χ0v) is 15.5. The Hall–Kier alpha value is -1.00. The summed E-state index contributed by atoms with van der Waals surface area (Å²) < 4.78 is 0. The van der Waals surface area contributed by atoms with Crippen LogP contribution in [0.15, 0.2) is 24.3 Å². The molecule has 2 rings (SSSR count). The summed E-state index contributed by atoms with van der Waals surface area (Å²) >= 11 is 1.68. The van der Waals surface area contributed by atoms with Gasteiger partial charge in [-0.1, -0.05) is 36.2 Å². The maximum atomic E-state index is 12.1. The Morgan fingerprint density at radius 1 is 1.26 bits per heavy atom. The van der Waals surface area contributed by atoms with Crippen molar-refractivity contribution in [3.63, 3.8) is 0 Å². The van der Waals surface area contributed by atoms with E-state index in [1.165, 1.54) is 30.4 Å². The van der Waals surface area contributed by atoms with Crippen LogP contribution in [0.25, 0.3) is 0 Å². The minimum absolute atomic E-state index is 0.0529. The van der Waals surface area contributed by atoms with Crippen LogP contribution in [0.3, 0.4) is 0 Å². The zero-order valence-electron chi connectivity index (χ0n) is 14.7. The van der Waals surface area contributed by atoms with Gasteiger partial charge in [-0.25, -0.2) is 0 Å². The molecule has 0 radical (unpaired) electrons. The molecule has 4 heteroatoms. The van der Waals surface area contributed by atoms with Gasteiger partial charge in [0.05, 0.1) is 5.75 Å². The molecule has 1 amide bonds. The third kappa shape index (κ3) is 6.19. The topological polar surface area (TPSA) is 32.3 Å². The monoisotopic (exact) mass is 334 g/mol. The third-order valence-electron chi connectivity index (χ3n) is 4.51. The van der Waals surface area contributed by atoms with Crippen molar-refractivity contribution in [1.82, 2.24) is 10.2 Å². The van der Waals surface area contributed by atoms with Crippen LogP contribution in [0, 0.1) is 6.92 Å². The van der Waals surface area contributed by atoms with Gasteiger partial charge in [-0.15, -0.1) is 11.8 Å². The first kappa shape index (κ1) is 18.3. The Morgan fingerprint density at radius 2 is 2.00 bits per heavy atom. The summed E-state index contributed by atoms with van der Waals surface area (Å²) in [5, 5.41) is 3.12. The lowest BCUT2D eigenvalue weighted by molar-refractivity contribution is -0.119. The van der Waals surface area contributed by atoms with Crippen LogP contribution in [0.5, 0.6) is 0 Å². The van der Waals surface area contributed by atoms with Crippen LogP contribution >= 0.6 is 11.8 Å². The quantitative estimate of drug-likeness (QED) is 0.827. The van der Waals surface area contributed by atoms with E-state index in [-0.39, 0.29) is 11.4 Å². The maximum Gasteiger partial charge on any atom is 0.230 e. The summed E-state index contributed by atoms with van der Waals surface area (Å²) in [5.74, 6) is 1.57.